The Morgan fingerprint density at radius 2 is 1.82 bits per heavy atom. The number of aliphatic hydroxyl groups is 2. The second-order valence-electron chi connectivity index (χ2n) is 9.14. The Morgan fingerprint density at radius 3 is 2.53 bits per heavy atom. The first kappa shape index (κ1) is 24.0. The highest BCUT2D eigenvalue weighted by Gasteiger charge is 2.43. The van der Waals surface area contributed by atoms with Crippen LogP contribution in [0, 0.1) is 23.4 Å². The normalized spacial score (nSPS) is 24.7. The predicted molar refractivity (Wildman–Crippen MR) is 120 cm³/mol. The largest absolute Gasteiger partial charge is 0.390 e. The van der Waals surface area contributed by atoms with E-state index in [9.17, 15) is 28.2 Å². The molecule has 0 amide bonds. The zero-order chi connectivity index (χ0) is 24.6. The van der Waals surface area contributed by atoms with E-state index in [1.54, 1.807) is 25.4 Å². The summed E-state index contributed by atoms with van der Waals surface area (Å²) in [6, 6.07) is 7.03. The molecule has 2 aromatic heterocycles. The SMILES string of the molecule is C[C@H]1C[C@@H](c2ccncc2CC(=O)c2ccc(F)c(-c3ccc(F)c(F)c3)n2)C[C@@H](O)[C@]1(C)O. The summed E-state index contributed by atoms with van der Waals surface area (Å²) in [5.74, 6) is -3.59. The van der Waals surface area contributed by atoms with Crippen molar-refractivity contribution in [3.8, 4) is 11.3 Å². The van der Waals surface area contributed by atoms with Gasteiger partial charge in [0.25, 0.3) is 0 Å². The molecule has 0 unspecified atom stereocenters. The molecule has 34 heavy (non-hydrogen) atoms. The molecule has 1 saturated carbocycles. The van der Waals surface area contributed by atoms with Crippen LogP contribution in [0.4, 0.5) is 13.2 Å². The van der Waals surface area contributed by atoms with E-state index in [-0.39, 0.29) is 35.2 Å². The van der Waals surface area contributed by atoms with Gasteiger partial charge in [0.2, 0.25) is 0 Å². The number of nitrogens with zero attached hydrogens (tertiary/aromatic N) is 2. The Balaban J connectivity index is 1.60. The highest BCUT2D eigenvalue weighted by Crippen LogP contribution is 2.42. The lowest BCUT2D eigenvalue weighted by Crippen LogP contribution is -2.49. The molecule has 0 spiro atoms. The van der Waals surface area contributed by atoms with E-state index in [1.807, 2.05) is 6.92 Å². The summed E-state index contributed by atoms with van der Waals surface area (Å²) >= 11 is 0. The number of halogens is 3. The number of benzene rings is 1. The van der Waals surface area contributed by atoms with Crippen molar-refractivity contribution in [2.45, 2.75) is 50.7 Å². The van der Waals surface area contributed by atoms with Gasteiger partial charge in [-0.3, -0.25) is 9.78 Å². The van der Waals surface area contributed by atoms with Gasteiger partial charge in [0.1, 0.15) is 17.2 Å². The maximum Gasteiger partial charge on any atom is 0.185 e. The molecule has 0 radical (unpaired) electrons. The molecule has 1 aliphatic carbocycles. The van der Waals surface area contributed by atoms with Crippen LogP contribution in [0.5, 0.6) is 0 Å². The minimum Gasteiger partial charge on any atom is -0.390 e. The molecular formula is C26H25F3N2O3. The van der Waals surface area contributed by atoms with Crippen molar-refractivity contribution in [2.75, 3.05) is 0 Å². The van der Waals surface area contributed by atoms with Crippen molar-refractivity contribution in [2.24, 2.45) is 5.92 Å². The summed E-state index contributed by atoms with van der Waals surface area (Å²) in [6.45, 7) is 3.50. The van der Waals surface area contributed by atoms with Crippen LogP contribution < -0.4 is 0 Å². The molecule has 4 atom stereocenters. The first-order chi connectivity index (χ1) is 16.1. The Labute approximate surface area is 195 Å². The minimum absolute atomic E-state index is 0.0177. The molecule has 0 aliphatic heterocycles. The van der Waals surface area contributed by atoms with Gasteiger partial charge in [-0.1, -0.05) is 6.92 Å². The first-order valence-electron chi connectivity index (χ1n) is 11.1. The van der Waals surface area contributed by atoms with E-state index in [4.69, 9.17) is 0 Å². The fourth-order valence-electron chi connectivity index (χ4n) is 4.54. The van der Waals surface area contributed by atoms with Crippen LogP contribution in [0.1, 0.15) is 54.2 Å². The monoisotopic (exact) mass is 470 g/mol. The highest BCUT2D eigenvalue weighted by molar-refractivity contribution is 5.96. The second kappa shape index (κ2) is 9.27. The quantitative estimate of drug-likeness (QED) is 0.532. The average Bonchev–Trinajstić information content (AvgIpc) is 2.80. The third kappa shape index (κ3) is 4.60. The van der Waals surface area contributed by atoms with Gasteiger partial charge >= 0.3 is 0 Å². The lowest BCUT2D eigenvalue weighted by atomic mass is 9.68. The number of hydrogen-bond donors (Lipinski definition) is 2. The van der Waals surface area contributed by atoms with Crippen LogP contribution in [0.15, 0.2) is 48.8 Å². The smallest absolute Gasteiger partial charge is 0.185 e. The first-order valence-corrected chi connectivity index (χ1v) is 11.1. The maximum absolute atomic E-state index is 14.4. The molecule has 1 fully saturated rings. The van der Waals surface area contributed by atoms with E-state index >= 15 is 0 Å². The van der Waals surface area contributed by atoms with Crippen LogP contribution >= 0.6 is 0 Å². The molecule has 4 rings (SSSR count). The number of pyridine rings is 2. The molecule has 8 heteroatoms. The number of ketones is 1. The molecular weight excluding hydrogens is 445 g/mol. The summed E-state index contributed by atoms with van der Waals surface area (Å²) in [6.07, 6.45) is 3.20. The van der Waals surface area contributed by atoms with Crippen molar-refractivity contribution in [3.05, 3.63) is 83.1 Å². The van der Waals surface area contributed by atoms with E-state index in [0.29, 0.717) is 18.4 Å². The number of rotatable bonds is 5. The van der Waals surface area contributed by atoms with Crippen molar-refractivity contribution in [3.63, 3.8) is 0 Å². The summed E-state index contributed by atoms with van der Waals surface area (Å²) in [5.41, 5.74) is 0.0730. The standard InChI is InChI=1S/C26H25F3N2O3/c1-14-9-16(12-24(33)26(14,2)34)18-7-8-30-13-17(18)11-23(32)22-6-5-20(28)25(31-22)15-3-4-19(27)21(29)10-15/h3-8,10,13-14,16,24,33-34H,9,11-12H2,1-2H3/t14-,16+,24+,26+/m0/s1. The van der Waals surface area contributed by atoms with E-state index in [2.05, 4.69) is 9.97 Å². The number of aromatic nitrogens is 2. The fraction of sp³-hybridized carbons (Fsp3) is 0.346. The summed E-state index contributed by atoms with van der Waals surface area (Å²) in [7, 11) is 0. The number of carbonyl (C=O) groups excluding carboxylic acids is 1. The fourth-order valence-corrected chi connectivity index (χ4v) is 4.54. The molecule has 1 aliphatic rings. The maximum atomic E-state index is 14.4. The van der Waals surface area contributed by atoms with Crippen LogP contribution in [0.3, 0.4) is 0 Å². The average molecular weight is 470 g/mol. The van der Waals surface area contributed by atoms with Gasteiger partial charge in [0, 0.05) is 24.4 Å². The Morgan fingerprint density at radius 1 is 1.09 bits per heavy atom. The second-order valence-corrected chi connectivity index (χ2v) is 9.14. The molecule has 1 aromatic carbocycles. The number of Topliss-reactive ketones (excluding diaryl/α,β-unsaturated/α-hetero) is 1. The van der Waals surface area contributed by atoms with Gasteiger partial charge in [-0.05, 0) is 79.1 Å². The lowest BCUT2D eigenvalue weighted by molar-refractivity contribution is -0.123. The molecule has 2 heterocycles. The van der Waals surface area contributed by atoms with E-state index < -0.39 is 34.9 Å². The van der Waals surface area contributed by atoms with Crippen molar-refractivity contribution < 1.29 is 28.2 Å². The van der Waals surface area contributed by atoms with Crippen LogP contribution in [0.2, 0.25) is 0 Å². The Kier molecular flexibility index (Phi) is 6.55. The van der Waals surface area contributed by atoms with Gasteiger partial charge < -0.3 is 10.2 Å². The van der Waals surface area contributed by atoms with Gasteiger partial charge in [0.05, 0.1) is 11.7 Å². The van der Waals surface area contributed by atoms with Gasteiger partial charge in [-0.2, -0.15) is 0 Å². The van der Waals surface area contributed by atoms with Gasteiger partial charge in [-0.15, -0.1) is 0 Å². The third-order valence-electron chi connectivity index (χ3n) is 6.88. The topological polar surface area (TPSA) is 83.3 Å². The zero-order valence-corrected chi connectivity index (χ0v) is 18.8. The third-order valence-corrected chi connectivity index (χ3v) is 6.88. The minimum atomic E-state index is -1.19. The van der Waals surface area contributed by atoms with Crippen LogP contribution in [-0.2, 0) is 6.42 Å². The lowest BCUT2D eigenvalue weighted by Gasteiger charge is -2.43. The van der Waals surface area contributed by atoms with Crippen molar-refractivity contribution in [1.29, 1.82) is 0 Å². The van der Waals surface area contributed by atoms with E-state index in [1.165, 1.54) is 12.1 Å². The Bertz CT molecular complexity index is 1220. The molecule has 5 nitrogen and oxygen atoms in total. The molecule has 3 aromatic rings. The van der Waals surface area contributed by atoms with Crippen molar-refractivity contribution in [1.82, 2.24) is 9.97 Å². The number of carbonyl (C=O) groups is 1. The highest BCUT2D eigenvalue weighted by atomic mass is 19.2. The predicted octanol–water partition coefficient (Wildman–Crippen LogP) is 4.61. The van der Waals surface area contributed by atoms with Gasteiger partial charge in [0.15, 0.2) is 17.4 Å². The van der Waals surface area contributed by atoms with Crippen LogP contribution in [-0.4, -0.2) is 37.7 Å². The Hall–Kier alpha value is -3.10. The summed E-state index contributed by atoms with van der Waals surface area (Å²) < 4.78 is 41.3. The summed E-state index contributed by atoms with van der Waals surface area (Å²) in [4.78, 5) is 21.3. The van der Waals surface area contributed by atoms with Crippen LogP contribution in [0.25, 0.3) is 11.3 Å². The molecule has 178 valence electrons. The number of hydrogen-bond acceptors (Lipinski definition) is 5. The van der Waals surface area contributed by atoms with Gasteiger partial charge in [-0.25, -0.2) is 18.2 Å². The van der Waals surface area contributed by atoms with E-state index in [0.717, 1.165) is 23.8 Å². The molecule has 0 saturated heterocycles. The van der Waals surface area contributed by atoms with Crippen molar-refractivity contribution >= 4 is 5.78 Å². The number of aliphatic hydroxyl groups excluding tert-OH is 1. The zero-order valence-electron chi connectivity index (χ0n) is 18.8. The molecule has 2 N–H and O–H groups in total. The molecule has 0 bridgehead atoms. The summed E-state index contributed by atoms with van der Waals surface area (Å²) in [5, 5.41) is 21.0.